The predicted octanol–water partition coefficient (Wildman–Crippen LogP) is 4.36. The first-order valence-corrected chi connectivity index (χ1v) is 14.8. The van der Waals surface area contributed by atoms with Gasteiger partial charge in [0.2, 0.25) is 0 Å². The second kappa shape index (κ2) is 10.4. The molecule has 0 aromatic heterocycles. The van der Waals surface area contributed by atoms with Crippen molar-refractivity contribution in [1.82, 2.24) is 15.1 Å². The van der Waals surface area contributed by atoms with Gasteiger partial charge in [-0.25, -0.2) is 4.79 Å². The molecule has 8 heteroatoms. The smallest absolute Gasteiger partial charge is 0.317 e. The summed E-state index contributed by atoms with van der Waals surface area (Å²) in [7, 11) is 0. The lowest BCUT2D eigenvalue weighted by atomic mass is 9.60. The highest BCUT2D eigenvalue weighted by atomic mass is 16.3. The number of nitriles is 1. The van der Waals surface area contributed by atoms with E-state index in [0.717, 1.165) is 49.2 Å². The van der Waals surface area contributed by atoms with Crippen LogP contribution in [0.25, 0.3) is 0 Å². The van der Waals surface area contributed by atoms with Gasteiger partial charge in [0, 0.05) is 38.6 Å². The summed E-state index contributed by atoms with van der Waals surface area (Å²) in [6, 6.07) is 9.18. The number of nitrogens with one attached hydrogen (secondary N) is 1. The van der Waals surface area contributed by atoms with Crippen LogP contribution < -0.4 is 10.3 Å². The Morgan fingerprint density at radius 3 is 2.47 bits per heavy atom. The number of aliphatic hydroxyl groups is 1. The molecule has 1 spiro atoms. The lowest BCUT2D eigenvalue weighted by Gasteiger charge is -2.52. The fraction of sp³-hybridized carbons (Fsp3) is 0.700. The SMILES string of the molecule is Cc1cc(N2N=C(N3CCC4(CC3)CC(NC(=O)N3CCC(O)CC3)C4)CC2C2CCCC2)ccc1C#N. The third kappa shape index (κ3) is 4.98. The van der Waals surface area contributed by atoms with E-state index in [1.165, 1.54) is 44.4 Å². The monoisotopic (exact) mass is 518 g/mol. The van der Waals surface area contributed by atoms with Gasteiger partial charge in [0.05, 0.1) is 29.5 Å². The zero-order chi connectivity index (χ0) is 26.3. The number of amidine groups is 1. The lowest BCUT2D eigenvalue weighted by Crippen LogP contribution is -2.58. The Morgan fingerprint density at radius 1 is 1.11 bits per heavy atom. The number of hydrogen-bond donors (Lipinski definition) is 2. The van der Waals surface area contributed by atoms with Gasteiger partial charge >= 0.3 is 6.03 Å². The molecule has 2 saturated heterocycles. The van der Waals surface area contributed by atoms with Crippen LogP contribution in [-0.4, -0.2) is 71.1 Å². The first kappa shape index (κ1) is 25.5. The predicted molar refractivity (Wildman–Crippen MR) is 148 cm³/mol. The van der Waals surface area contributed by atoms with Crippen molar-refractivity contribution in [2.24, 2.45) is 16.4 Å². The average Bonchev–Trinajstić information content (AvgIpc) is 3.59. The molecule has 2 amide bonds. The summed E-state index contributed by atoms with van der Waals surface area (Å²) in [5.74, 6) is 1.91. The van der Waals surface area contributed by atoms with E-state index in [2.05, 4.69) is 33.4 Å². The number of nitrogens with zero attached hydrogens (tertiary/aromatic N) is 5. The summed E-state index contributed by atoms with van der Waals surface area (Å²) in [5, 5.41) is 29.8. The minimum atomic E-state index is -0.255. The molecule has 2 saturated carbocycles. The third-order valence-electron chi connectivity index (χ3n) is 10.1. The van der Waals surface area contributed by atoms with Crippen LogP contribution in [0, 0.1) is 29.6 Å². The number of amides is 2. The highest BCUT2D eigenvalue weighted by Gasteiger charge is 2.48. The number of urea groups is 1. The van der Waals surface area contributed by atoms with Gasteiger partial charge in [-0.15, -0.1) is 0 Å². The zero-order valence-electron chi connectivity index (χ0n) is 22.7. The van der Waals surface area contributed by atoms with Gasteiger partial charge in [0.15, 0.2) is 0 Å². The molecule has 1 atom stereocenters. The molecule has 5 aliphatic rings. The number of likely N-dealkylation sites (tertiary alicyclic amines) is 2. The van der Waals surface area contributed by atoms with Crippen molar-refractivity contribution in [2.75, 3.05) is 31.2 Å². The molecule has 0 bridgehead atoms. The van der Waals surface area contributed by atoms with Crippen molar-refractivity contribution >= 4 is 17.6 Å². The van der Waals surface area contributed by atoms with E-state index in [4.69, 9.17) is 5.10 Å². The molecule has 204 valence electrons. The number of aryl methyl sites for hydroxylation is 1. The number of hydrazone groups is 1. The Kier molecular flexibility index (Phi) is 6.98. The van der Waals surface area contributed by atoms with Gasteiger partial charge in [0.1, 0.15) is 5.84 Å². The summed E-state index contributed by atoms with van der Waals surface area (Å²) in [5.41, 5.74) is 3.23. The van der Waals surface area contributed by atoms with Crippen LogP contribution in [0.3, 0.4) is 0 Å². The van der Waals surface area contributed by atoms with Gasteiger partial charge in [-0.2, -0.15) is 10.4 Å². The van der Waals surface area contributed by atoms with Crippen molar-refractivity contribution in [1.29, 1.82) is 5.26 Å². The van der Waals surface area contributed by atoms with Gasteiger partial charge in [-0.05, 0) is 93.4 Å². The second-order valence-electron chi connectivity index (χ2n) is 12.5. The van der Waals surface area contributed by atoms with Gasteiger partial charge in [-0.3, -0.25) is 5.01 Å². The Labute approximate surface area is 226 Å². The minimum Gasteiger partial charge on any atom is -0.393 e. The molecule has 38 heavy (non-hydrogen) atoms. The number of carbonyl (C=O) groups excluding carboxylic acids is 1. The molecule has 2 aliphatic carbocycles. The van der Waals surface area contributed by atoms with E-state index >= 15 is 0 Å². The standard InChI is InChI=1S/C30H42N6O2/c1-21-16-25(7-6-23(21)20-31)36-27(22-4-2-3-5-22)17-28(33-36)34-14-10-30(11-15-34)18-24(19-30)32-29(38)35-12-8-26(37)9-13-35/h6-7,16,22,24,26-27,37H,2-5,8-15,17-19H2,1H3,(H,32,38). The first-order chi connectivity index (χ1) is 18.4. The van der Waals surface area contributed by atoms with Crippen molar-refractivity contribution in [2.45, 2.75) is 95.7 Å². The maximum atomic E-state index is 12.6. The number of aliphatic hydroxyl groups excluding tert-OH is 1. The van der Waals surface area contributed by atoms with Crippen molar-refractivity contribution in [3.63, 3.8) is 0 Å². The Hall–Kier alpha value is -2.79. The van der Waals surface area contributed by atoms with Crippen molar-refractivity contribution in [3.05, 3.63) is 29.3 Å². The first-order valence-electron chi connectivity index (χ1n) is 14.8. The molecule has 2 N–H and O–H groups in total. The van der Waals surface area contributed by atoms with E-state index in [1.54, 1.807) is 0 Å². The summed E-state index contributed by atoms with van der Waals surface area (Å²) in [4.78, 5) is 17.0. The molecule has 8 nitrogen and oxygen atoms in total. The Morgan fingerprint density at radius 2 is 1.82 bits per heavy atom. The summed E-state index contributed by atoms with van der Waals surface area (Å²) >= 11 is 0. The van der Waals surface area contributed by atoms with Crippen LogP contribution in [0.5, 0.6) is 0 Å². The van der Waals surface area contributed by atoms with Crippen LogP contribution in [-0.2, 0) is 0 Å². The third-order valence-corrected chi connectivity index (χ3v) is 10.1. The highest BCUT2D eigenvalue weighted by molar-refractivity contribution is 5.87. The van der Waals surface area contributed by atoms with Crippen LogP contribution in [0.2, 0.25) is 0 Å². The summed E-state index contributed by atoms with van der Waals surface area (Å²) in [6.45, 7) is 5.41. The van der Waals surface area contributed by atoms with E-state index in [0.29, 0.717) is 43.3 Å². The lowest BCUT2D eigenvalue weighted by molar-refractivity contribution is 0.0238. The van der Waals surface area contributed by atoms with E-state index in [1.807, 2.05) is 17.9 Å². The molecule has 1 aromatic carbocycles. The Balaban J connectivity index is 1.06. The topological polar surface area (TPSA) is 95.2 Å². The molecule has 4 fully saturated rings. The number of benzene rings is 1. The van der Waals surface area contributed by atoms with Crippen molar-refractivity contribution < 1.29 is 9.90 Å². The number of hydrogen-bond acceptors (Lipinski definition) is 6. The average molecular weight is 519 g/mol. The van der Waals surface area contributed by atoms with Gasteiger partial charge in [-0.1, -0.05) is 12.8 Å². The number of rotatable bonds is 3. The van der Waals surface area contributed by atoms with E-state index in [-0.39, 0.29) is 18.2 Å². The quantitative estimate of drug-likeness (QED) is 0.620. The van der Waals surface area contributed by atoms with Crippen molar-refractivity contribution in [3.8, 4) is 6.07 Å². The summed E-state index contributed by atoms with van der Waals surface area (Å²) < 4.78 is 0. The van der Waals surface area contributed by atoms with Crippen LogP contribution >= 0.6 is 0 Å². The number of piperidine rings is 2. The number of anilines is 1. The number of carbonyl (C=O) groups is 1. The van der Waals surface area contributed by atoms with Gasteiger partial charge in [0.25, 0.3) is 0 Å². The minimum absolute atomic E-state index is 0.0468. The second-order valence-corrected chi connectivity index (χ2v) is 12.5. The zero-order valence-corrected chi connectivity index (χ0v) is 22.7. The molecular weight excluding hydrogens is 476 g/mol. The molecule has 3 heterocycles. The fourth-order valence-corrected chi connectivity index (χ4v) is 7.65. The van der Waals surface area contributed by atoms with Crippen LogP contribution in [0.15, 0.2) is 23.3 Å². The normalized spacial score (nSPS) is 26.4. The molecule has 3 aliphatic heterocycles. The van der Waals surface area contributed by atoms with Crippen LogP contribution in [0.1, 0.15) is 81.8 Å². The molecular formula is C30H42N6O2. The highest BCUT2D eigenvalue weighted by Crippen LogP contribution is 2.49. The van der Waals surface area contributed by atoms with Crippen LogP contribution in [0.4, 0.5) is 10.5 Å². The molecule has 0 radical (unpaired) electrons. The van der Waals surface area contributed by atoms with E-state index in [9.17, 15) is 15.2 Å². The molecule has 6 rings (SSSR count). The van der Waals surface area contributed by atoms with E-state index < -0.39 is 0 Å². The largest absolute Gasteiger partial charge is 0.393 e. The molecule has 1 unspecified atom stereocenters. The maximum absolute atomic E-state index is 12.6. The van der Waals surface area contributed by atoms with Gasteiger partial charge < -0.3 is 20.2 Å². The molecule has 1 aromatic rings. The summed E-state index contributed by atoms with van der Waals surface area (Å²) in [6.07, 6.45) is 11.8. The maximum Gasteiger partial charge on any atom is 0.317 e. The fourth-order valence-electron chi connectivity index (χ4n) is 7.65. The Bertz CT molecular complexity index is 1100.